The van der Waals surface area contributed by atoms with Gasteiger partial charge in [-0.2, -0.15) is 0 Å². The van der Waals surface area contributed by atoms with E-state index in [1.165, 1.54) is 6.33 Å². The molecule has 0 radical (unpaired) electrons. The van der Waals surface area contributed by atoms with Crippen molar-refractivity contribution in [3.8, 4) is 0 Å². The van der Waals surface area contributed by atoms with E-state index in [-0.39, 0.29) is 13.0 Å². The molecule has 0 aliphatic heterocycles. The van der Waals surface area contributed by atoms with Crippen molar-refractivity contribution < 1.29 is 14.3 Å². The molecule has 0 saturated heterocycles. The average Bonchev–Trinajstić information content (AvgIpc) is 2.98. The molecule has 1 heterocycles. The quantitative estimate of drug-likeness (QED) is 0.727. The van der Waals surface area contributed by atoms with E-state index in [0.717, 1.165) is 5.56 Å². The molecule has 0 fully saturated rings. The van der Waals surface area contributed by atoms with Gasteiger partial charge in [-0.05, 0) is 5.56 Å². The minimum absolute atomic E-state index is 0.127. The molecule has 0 unspecified atom stereocenters. The van der Waals surface area contributed by atoms with Crippen LogP contribution in [0.3, 0.4) is 0 Å². The molecule has 4 N–H and O–H groups in total. The summed E-state index contributed by atoms with van der Waals surface area (Å²) in [6, 6.07) is 8.39. The van der Waals surface area contributed by atoms with Crippen molar-refractivity contribution in [1.82, 2.24) is 15.3 Å². The van der Waals surface area contributed by atoms with Gasteiger partial charge < -0.3 is 20.8 Å². The minimum Gasteiger partial charge on any atom is -0.445 e. The van der Waals surface area contributed by atoms with E-state index in [9.17, 15) is 9.59 Å². The summed E-state index contributed by atoms with van der Waals surface area (Å²) in [7, 11) is 0. The van der Waals surface area contributed by atoms with Gasteiger partial charge in [0.05, 0.1) is 6.33 Å². The van der Waals surface area contributed by atoms with E-state index < -0.39 is 18.0 Å². The third-order valence-corrected chi connectivity index (χ3v) is 2.83. The molecular weight excluding hydrogens is 272 g/mol. The Hall–Kier alpha value is -2.83. The van der Waals surface area contributed by atoms with E-state index in [2.05, 4.69) is 15.3 Å². The molecule has 0 spiro atoms. The van der Waals surface area contributed by atoms with Gasteiger partial charge in [-0.3, -0.25) is 4.79 Å². The fourth-order valence-electron chi connectivity index (χ4n) is 1.75. The molecule has 0 saturated carbocycles. The zero-order valence-electron chi connectivity index (χ0n) is 11.3. The summed E-state index contributed by atoms with van der Waals surface area (Å²) in [6.45, 7) is 0.127. The molecule has 110 valence electrons. The minimum atomic E-state index is -0.853. The van der Waals surface area contributed by atoms with E-state index >= 15 is 0 Å². The molecule has 1 atom stereocenters. The summed E-state index contributed by atoms with van der Waals surface area (Å²) in [5.74, 6) is -0.638. The van der Waals surface area contributed by atoms with Crippen LogP contribution in [-0.2, 0) is 22.6 Å². The number of nitrogens with zero attached hydrogens (tertiary/aromatic N) is 1. The van der Waals surface area contributed by atoms with Gasteiger partial charge in [0.2, 0.25) is 5.91 Å². The average molecular weight is 288 g/mol. The topological polar surface area (TPSA) is 110 Å². The molecule has 0 bridgehead atoms. The fourth-order valence-corrected chi connectivity index (χ4v) is 1.75. The Labute approximate surface area is 121 Å². The molecular formula is C14H16N4O3. The highest BCUT2D eigenvalue weighted by Gasteiger charge is 2.19. The largest absolute Gasteiger partial charge is 0.445 e. The predicted octanol–water partition coefficient (Wildman–Crippen LogP) is 0.732. The smallest absolute Gasteiger partial charge is 0.408 e. The number of nitrogens with two attached hydrogens (primary N) is 1. The first-order chi connectivity index (χ1) is 10.1. The molecule has 2 amide bonds. The van der Waals surface area contributed by atoms with Crippen molar-refractivity contribution in [2.24, 2.45) is 5.73 Å². The SMILES string of the molecule is NC(=O)[C@H](Cc1cnc[nH]1)NC(=O)OCc1ccccc1. The molecule has 2 aromatic rings. The fraction of sp³-hybridized carbons (Fsp3) is 0.214. The van der Waals surface area contributed by atoms with Crippen molar-refractivity contribution in [2.45, 2.75) is 19.1 Å². The maximum atomic E-state index is 11.7. The van der Waals surface area contributed by atoms with Crippen molar-refractivity contribution in [3.05, 3.63) is 54.1 Å². The summed E-state index contributed by atoms with van der Waals surface area (Å²) in [5.41, 5.74) is 6.82. The molecule has 7 nitrogen and oxygen atoms in total. The second kappa shape index (κ2) is 7.09. The van der Waals surface area contributed by atoms with Crippen molar-refractivity contribution >= 4 is 12.0 Å². The Morgan fingerprint density at radius 2 is 2.10 bits per heavy atom. The number of hydrogen-bond donors (Lipinski definition) is 3. The molecule has 2 rings (SSSR count). The second-order valence-electron chi connectivity index (χ2n) is 4.44. The van der Waals surface area contributed by atoms with E-state index in [1.54, 1.807) is 6.20 Å². The highest BCUT2D eigenvalue weighted by molar-refractivity contribution is 5.84. The van der Waals surface area contributed by atoms with Gasteiger partial charge in [-0.25, -0.2) is 9.78 Å². The molecule has 1 aromatic heterocycles. The van der Waals surface area contributed by atoms with Gasteiger partial charge in [0, 0.05) is 18.3 Å². The summed E-state index contributed by atoms with van der Waals surface area (Å²) < 4.78 is 5.04. The van der Waals surface area contributed by atoms with Crippen molar-refractivity contribution in [2.75, 3.05) is 0 Å². The third kappa shape index (κ3) is 4.64. The summed E-state index contributed by atoms with van der Waals surface area (Å²) in [6.07, 6.45) is 2.59. The summed E-state index contributed by atoms with van der Waals surface area (Å²) >= 11 is 0. The zero-order chi connectivity index (χ0) is 15.1. The number of benzene rings is 1. The highest BCUT2D eigenvalue weighted by atomic mass is 16.5. The van der Waals surface area contributed by atoms with Gasteiger partial charge in [0.15, 0.2) is 0 Å². The van der Waals surface area contributed by atoms with Gasteiger partial charge in [-0.15, -0.1) is 0 Å². The number of carbonyl (C=O) groups is 2. The van der Waals surface area contributed by atoms with Gasteiger partial charge in [-0.1, -0.05) is 30.3 Å². The van der Waals surface area contributed by atoms with E-state index in [0.29, 0.717) is 5.69 Å². The Morgan fingerprint density at radius 1 is 1.33 bits per heavy atom. The molecule has 21 heavy (non-hydrogen) atoms. The number of rotatable bonds is 6. The molecule has 0 aliphatic carbocycles. The second-order valence-corrected chi connectivity index (χ2v) is 4.44. The first-order valence-electron chi connectivity index (χ1n) is 6.39. The standard InChI is InChI=1S/C14H16N4O3/c15-13(19)12(6-11-7-16-9-17-11)18-14(20)21-8-10-4-2-1-3-5-10/h1-5,7,9,12H,6,8H2,(H2,15,19)(H,16,17)(H,18,20)/t12-/m0/s1. The number of nitrogens with one attached hydrogen (secondary N) is 2. The number of primary amides is 1. The Morgan fingerprint density at radius 3 is 2.71 bits per heavy atom. The van der Waals surface area contributed by atoms with Crippen molar-refractivity contribution in [1.29, 1.82) is 0 Å². The molecule has 0 aliphatic rings. The number of alkyl carbamates (subject to hydrolysis) is 1. The van der Waals surface area contributed by atoms with Crippen LogP contribution in [0.4, 0.5) is 4.79 Å². The van der Waals surface area contributed by atoms with Crippen LogP contribution in [0.1, 0.15) is 11.3 Å². The predicted molar refractivity (Wildman–Crippen MR) is 75.0 cm³/mol. The van der Waals surface area contributed by atoms with Crippen LogP contribution in [0.25, 0.3) is 0 Å². The van der Waals surface area contributed by atoms with Crippen molar-refractivity contribution in [3.63, 3.8) is 0 Å². The summed E-state index contributed by atoms with van der Waals surface area (Å²) in [4.78, 5) is 29.7. The number of carbonyl (C=O) groups excluding carboxylic acids is 2. The van der Waals surface area contributed by atoms with Gasteiger partial charge in [0.1, 0.15) is 12.6 Å². The van der Waals surface area contributed by atoms with Crippen LogP contribution in [0.15, 0.2) is 42.9 Å². The molecule has 1 aromatic carbocycles. The maximum absolute atomic E-state index is 11.7. The monoisotopic (exact) mass is 288 g/mol. The number of amides is 2. The number of aromatic amines is 1. The third-order valence-electron chi connectivity index (χ3n) is 2.83. The lowest BCUT2D eigenvalue weighted by molar-refractivity contribution is -0.119. The zero-order valence-corrected chi connectivity index (χ0v) is 11.3. The van der Waals surface area contributed by atoms with Crippen LogP contribution >= 0.6 is 0 Å². The number of aromatic nitrogens is 2. The summed E-state index contributed by atoms with van der Waals surface area (Å²) in [5, 5.41) is 2.44. The van der Waals surface area contributed by atoms with Crippen LogP contribution in [0.2, 0.25) is 0 Å². The number of imidazole rings is 1. The normalized spacial score (nSPS) is 11.6. The maximum Gasteiger partial charge on any atom is 0.408 e. The highest BCUT2D eigenvalue weighted by Crippen LogP contribution is 2.02. The Bertz CT molecular complexity index is 584. The number of hydrogen-bond acceptors (Lipinski definition) is 4. The molecule has 7 heteroatoms. The van der Waals surface area contributed by atoms with E-state index in [1.807, 2.05) is 30.3 Å². The van der Waals surface area contributed by atoms with E-state index in [4.69, 9.17) is 10.5 Å². The number of H-pyrrole nitrogens is 1. The first kappa shape index (κ1) is 14.6. The Balaban J connectivity index is 1.85. The first-order valence-corrected chi connectivity index (χ1v) is 6.39. The van der Waals surface area contributed by atoms with Crippen LogP contribution in [0.5, 0.6) is 0 Å². The number of ether oxygens (including phenoxy) is 1. The van der Waals surface area contributed by atoms with Gasteiger partial charge in [0.25, 0.3) is 0 Å². The lowest BCUT2D eigenvalue weighted by Gasteiger charge is -2.14. The van der Waals surface area contributed by atoms with Gasteiger partial charge >= 0.3 is 6.09 Å². The Kier molecular flexibility index (Phi) is 4.92. The lowest BCUT2D eigenvalue weighted by Crippen LogP contribution is -2.46. The van der Waals surface area contributed by atoms with Crippen LogP contribution in [0, 0.1) is 0 Å². The lowest BCUT2D eigenvalue weighted by atomic mass is 10.1. The van der Waals surface area contributed by atoms with Crippen LogP contribution in [-0.4, -0.2) is 28.0 Å². The van der Waals surface area contributed by atoms with Crippen LogP contribution < -0.4 is 11.1 Å².